The fraction of sp³-hybridized carbons (Fsp3) is 0.875. The first-order valence-corrected chi connectivity index (χ1v) is 11.8. The van der Waals surface area contributed by atoms with E-state index in [-0.39, 0.29) is 28.6 Å². The summed E-state index contributed by atoms with van der Waals surface area (Å²) in [4.78, 5) is 37.3. The predicted molar refractivity (Wildman–Crippen MR) is 109 cm³/mol. The van der Waals surface area contributed by atoms with Gasteiger partial charge < -0.3 is 24.1 Å². The van der Waals surface area contributed by atoms with Crippen molar-refractivity contribution in [1.29, 1.82) is 0 Å². The number of carbonyl (C=O) groups excluding carboxylic acids is 3. The Morgan fingerprint density at radius 3 is 2.41 bits per heavy atom. The van der Waals surface area contributed by atoms with Crippen LogP contribution in [0.2, 0.25) is 0 Å². The molecule has 8 heteroatoms. The molecule has 0 bridgehead atoms. The van der Waals surface area contributed by atoms with Gasteiger partial charge in [0.15, 0.2) is 12.4 Å². The van der Waals surface area contributed by atoms with E-state index < -0.39 is 54.0 Å². The highest BCUT2D eigenvalue weighted by Gasteiger charge is 2.80. The lowest BCUT2D eigenvalue weighted by atomic mass is 9.37. The smallest absolute Gasteiger partial charge is 0.311 e. The first kappa shape index (κ1) is 22.1. The Morgan fingerprint density at radius 2 is 1.75 bits per heavy atom. The van der Waals surface area contributed by atoms with Crippen molar-refractivity contribution < 1.29 is 38.4 Å². The minimum atomic E-state index is -1.29. The lowest BCUT2D eigenvalue weighted by Gasteiger charge is -2.68. The number of carbonyl (C=O) groups is 3. The second kappa shape index (κ2) is 6.92. The van der Waals surface area contributed by atoms with Gasteiger partial charge in [-0.05, 0) is 42.4 Å². The third kappa shape index (κ3) is 2.65. The molecule has 0 amide bonds. The molecule has 1 N–H and O–H groups in total. The molecule has 5 rings (SSSR count). The number of fused-ring (bicyclic) bond motifs is 2. The van der Waals surface area contributed by atoms with E-state index in [4.69, 9.17) is 18.9 Å². The van der Waals surface area contributed by atoms with Gasteiger partial charge in [-0.3, -0.25) is 14.4 Å². The molecule has 1 spiro atoms. The van der Waals surface area contributed by atoms with Crippen LogP contribution in [0.3, 0.4) is 0 Å². The minimum Gasteiger partial charge on any atom is -0.458 e. The van der Waals surface area contributed by atoms with Crippen molar-refractivity contribution >= 4 is 17.9 Å². The number of rotatable bonds is 2. The van der Waals surface area contributed by atoms with Gasteiger partial charge in [0.2, 0.25) is 6.29 Å². The highest BCUT2D eigenvalue weighted by molar-refractivity contribution is 5.76. The molecular weight excluding hydrogens is 416 g/mol. The van der Waals surface area contributed by atoms with Crippen molar-refractivity contribution in [3.8, 4) is 0 Å². The Labute approximate surface area is 188 Å². The molecular formula is C24H34O8. The summed E-state index contributed by atoms with van der Waals surface area (Å²) in [6.07, 6.45) is 0.385. The van der Waals surface area contributed by atoms with E-state index >= 15 is 0 Å². The first-order valence-electron chi connectivity index (χ1n) is 11.8. The zero-order chi connectivity index (χ0) is 23.2. The number of ether oxygens (including phenoxy) is 4. The highest BCUT2D eigenvalue weighted by Crippen LogP contribution is 2.74. The Morgan fingerprint density at radius 1 is 1.06 bits per heavy atom. The maximum atomic E-state index is 12.7. The van der Waals surface area contributed by atoms with Crippen molar-refractivity contribution in [2.45, 2.75) is 91.5 Å². The highest BCUT2D eigenvalue weighted by atomic mass is 16.8. The summed E-state index contributed by atoms with van der Waals surface area (Å²) in [6.45, 7) is 9.29. The zero-order valence-corrected chi connectivity index (χ0v) is 19.5. The van der Waals surface area contributed by atoms with Crippen LogP contribution in [0.4, 0.5) is 0 Å². The van der Waals surface area contributed by atoms with Crippen molar-refractivity contribution in [2.75, 3.05) is 0 Å². The molecule has 178 valence electrons. The van der Waals surface area contributed by atoms with Crippen molar-refractivity contribution in [3.05, 3.63) is 0 Å². The molecule has 0 unspecified atom stereocenters. The Kier molecular flexibility index (Phi) is 4.79. The van der Waals surface area contributed by atoms with E-state index in [2.05, 4.69) is 20.8 Å². The topological polar surface area (TPSA) is 108 Å². The molecule has 0 aromatic rings. The second-order valence-electron chi connectivity index (χ2n) is 11.5. The van der Waals surface area contributed by atoms with Gasteiger partial charge >= 0.3 is 17.9 Å². The molecule has 8 nitrogen and oxygen atoms in total. The SMILES string of the molecule is CC(=O)O[C@H]1[C@@H](OC(C)=O)[C@@]23[C@@H]4[C@@H](OC(=O)[C@@H]4CC[C@@H]2[C@@]2(C)CCCC(C)(C)[C@H]12)O[C@H]3O. The van der Waals surface area contributed by atoms with Crippen molar-refractivity contribution in [2.24, 2.45) is 39.9 Å². The number of hydrogen-bond donors (Lipinski definition) is 1. The normalized spacial score (nSPS) is 50.5. The van der Waals surface area contributed by atoms with Gasteiger partial charge in [-0.15, -0.1) is 0 Å². The van der Waals surface area contributed by atoms with Crippen LogP contribution in [-0.2, 0) is 33.3 Å². The number of esters is 3. The number of aliphatic hydroxyl groups excluding tert-OH is 1. The van der Waals surface area contributed by atoms with Gasteiger partial charge in [-0.1, -0.05) is 27.2 Å². The maximum Gasteiger partial charge on any atom is 0.311 e. The van der Waals surface area contributed by atoms with Crippen LogP contribution < -0.4 is 0 Å². The standard InChI is InChI=1S/C24H34O8/c1-11(25)29-16-17-22(3,4)9-6-10-23(17,5)14-8-7-13-15-20(31-19(13)27)32-21(28)24(14,15)18(16)30-12(2)26/h13-18,20-21,28H,6-10H2,1-5H3/t13-,14-,15+,16-,17+,18-,20+,21-,23-,24+/m1/s1. The molecule has 0 aromatic carbocycles. The van der Waals surface area contributed by atoms with Crippen LogP contribution in [0.15, 0.2) is 0 Å². The van der Waals surface area contributed by atoms with Gasteiger partial charge in [-0.25, -0.2) is 0 Å². The van der Waals surface area contributed by atoms with Crippen LogP contribution in [0.5, 0.6) is 0 Å². The molecule has 2 saturated heterocycles. The summed E-state index contributed by atoms with van der Waals surface area (Å²) in [5.74, 6) is -2.33. The molecule has 5 aliphatic rings. The second-order valence-corrected chi connectivity index (χ2v) is 11.5. The monoisotopic (exact) mass is 450 g/mol. The zero-order valence-electron chi connectivity index (χ0n) is 19.5. The molecule has 3 aliphatic carbocycles. The van der Waals surface area contributed by atoms with Crippen LogP contribution in [0.25, 0.3) is 0 Å². The fourth-order valence-electron chi connectivity index (χ4n) is 8.91. The molecule has 2 aliphatic heterocycles. The molecule has 0 aromatic heterocycles. The summed E-state index contributed by atoms with van der Waals surface area (Å²) < 4.78 is 23.3. The van der Waals surface area contributed by atoms with E-state index in [1.165, 1.54) is 13.8 Å². The summed E-state index contributed by atoms with van der Waals surface area (Å²) in [5.41, 5.74) is -1.55. The molecule has 32 heavy (non-hydrogen) atoms. The average Bonchev–Trinajstić information content (AvgIpc) is 3.13. The predicted octanol–water partition coefficient (Wildman–Crippen LogP) is 2.56. The molecule has 3 saturated carbocycles. The quantitative estimate of drug-likeness (QED) is 0.505. The van der Waals surface area contributed by atoms with Gasteiger partial charge in [0.25, 0.3) is 0 Å². The number of hydrogen-bond acceptors (Lipinski definition) is 8. The summed E-state index contributed by atoms with van der Waals surface area (Å²) in [5, 5.41) is 11.4. The first-order chi connectivity index (χ1) is 14.9. The molecule has 2 heterocycles. The fourth-order valence-corrected chi connectivity index (χ4v) is 8.91. The van der Waals surface area contributed by atoms with Gasteiger partial charge in [0, 0.05) is 25.7 Å². The van der Waals surface area contributed by atoms with E-state index in [0.717, 1.165) is 19.3 Å². The summed E-state index contributed by atoms with van der Waals surface area (Å²) >= 11 is 0. The van der Waals surface area contributed by atoms with Gasteiger partial charge in [0.1, 0.15) is 6.10 Å². The lowest BCUT2D eigenvalue weighted by molar-refractivity contribution is -0.310. The summed E-state index contributed by atoms with van der Waals surface area (Å²) in [7, 11) is 0. The third-order valence-corrected chi connectivity index (χ3v) is 9.50. The van der Waals surface area contributed by atoms with Crippen molar-refractivity contribution in [3.63, 3.8) is 0 Å². The average molecular weight is 451 g/mol. The Balaban J connectivity index is 1.75. The maximum absolute atomic E-state index is 12.7. The van der Waals surface area contributed by atoms with Gasteiger partial charge in [0.05, 0.1) is 11.3 Å². The van der Waals surface area contributed by atoms with E-state index in [9.17, 15) is 19.5 Å². The molecule has 5 fully saturated rings. The minimum absolute atomic E-state index is 0.0755. The van der Waals surface area contributed by atoms with Crippen LogP contribution >= 0.6 is 0 Å². The van der Waals surface area contributed by atoms with E-state index in [0.29, 0.717) is 12.8 Å². The largest absolute Gasteiger partial charge is 0.458 e. The van der Waals surface area contributed by atoms with Crippen LogP contribution in [0.1, 0.15) is 66.7 Å². The van der Waals surface area contributed by atoms with Crippen LogP contribution in [-0.4, -0.2) is 47.8 Å². The lowest BCUT2D eigenvalue weighted by Crippen LogP contribution is -2.73. The number of aliphatic hydroxyl groups is 1. The van der Waals surface area contributed by atoms with Crippen molar-refractivity contribution in [1.82, 2.24) is 0 Å². The third-order valence-electron chi connectivity index (χ3n) is 9.50. The Bertz CT molecular complexity index is 853. The summed E-state index contributed by atoms with van der Waals surface area (Å²) in [6, 6.07) is 0. The van der Waals surface area contributed by atoms with Gasteiger partial charge in [-0.2, -0.15) is 0 Å². The van der Waals surface area contributed by atoms with Crippen LogP contribution in [0, 0.1) is 39.9 Å². The Hall–Kier alpha value is -1.67. The van der Waals surface area contributed by atoms with E-state index in [1.54, 1.807) is 0 Å². The molecule has 0 radical (unpaired) electrons. The van der Waals surface area contributed by atoms with E-state index in [1.807, 2.05) is 0 Å². The molecule has 10 atom stereocenters.